The number of carbonyl (C=O) groups is 2. The van der Waals surface area contributed by atoms with Gasteiger partial charge in [0.05, 0.1) is 28.3 Å². The molecule has 0 radical (unpaired) electrons. The first-order valence-corrected chi connectivity index (χ1v) is 11.7. The van der Waals surface area contributed by atoms with Crippen LogP contribution in [0.2, 0.25) is 10.0 Å². The molecule has 1 fully saturated rings. The maximum Gasteiger partial charge on any atom is 0.295 e. The molecule has 1 aliphatic rings. The van der Waals surface area contributed by atoms with Crippen molar-refractivity contribution in [3.63, 3.8) is 0 Å². The number of likely N-dealkylation sites (tertiary alicyclic amines) is 1. The number of rotatable bonds is 7. The number of amides is 1. The average Bonchev–Trinajstić information content (AvgIpc) is 3.10. The molecule has 0 saturated carbocycles. The number of ether oxygens (including phenoxy) is 1. The SMILES string of the molecule is CCOc1cccc(/C(O)=C2\C(=O)C(=O)N(CCc3ccccc3)C2c2ccc(Cl)c(Cl)c2)c1. The second kappa shape index (κ2) is 10.3. The molecular formula is C27H23Cl2NO4. The first-order valence-electron chi connectivity index (χ1n) is 10.9. The Morgan fingerprint density at radius 1 is 0.971 bits per heavy atom. The summed E-state index contributed by atoms with van der Waals surface area (Å²) >= 11 is 12.4. The van der Waals surface area contributed by atoms with Crippen LogP contribution in [0.25, 0.3) is 5.76 Å². The molecule has 34 heavy (non-hydrogen) atoms. The molecule has 1 unspecified atom stereocenters. The molecule has 5 nitrogen and oxygen atoms in total. The van der Waals surface area contributed by atoms with Gasteiger partial charge in [-0.15, -0.1) is 0 Å². The highest BCUT2D eigenvalue weighted by atomic mass is 35.5. The van der Waals surface area contributed by atoms with Crippen LogP contribution in [-0.4, -0.2) is 34.8 Å². The number of aliphatic hydroxyl groups excluding tert-OH is 1. The Morgan fingerprint density at radius 2 is 1.74 bits per heavy atom. The van der Waals surface area contributed by atoms with Crippen molar-refractivity contribution in [2.75, 3.05) is 13.2 Å². The summed E-state index contributed by atoms with van der Waals surface area (Å²) in [5.74, 6) is -1.13. The summed E-state index contributed by atoms with van der Waals surface area (Å²) in [6.07, 6.45) is 0.547. The van der Waals surface area contributed by atoms with E-state index in [2.05, 4.69) is 0 Å². The smallest absolute Gasteiger partial charge is 0.295 e. The Bertz CT molecular complexity index is 1260. The van der Waals surface area contributed by atoms with Gasteiger partial charge in [-0.2, -0.15) is 0 Å². The van der Waals surface area contributed by atoms with Crippen LogP contribution in [0.1, 0.15) is 29.7 Å². The monoisotopic (exact) mass is 495 g/mol. The predicted molar refractivity (Wildman–Crippen MR) is 133 cm³/mol. The summed E-state index contributed by atoms with van der Waals surface area (Å²) in [7, 11) is 0. The van der Waals surface area contributed by atoms with Gasteiger partial charge >= 0.3 is 0 Å². The molecule has 7 heteroatoms. The van der Waals surface area contributed by atoms with Crippen LogP contribution < -0.4 is 4.74 Å². The fraction of sp³-hybridized carbons (Fsp3) is 0.185. The Morgan fingerprint density at radius 3 is 2.44 bits per heavy atom. The normalized spacial score (nSPS) is 17.3. The van der Waals surface area contributed by atoms with E-state index in [9.17, 15) is 14.7 Å². The quantitative estimate of drug-likeness (QED) is 0.246. The summed E-state index contributed by atoms with van der Waals surface area (Å²) < 4.78 is 5.53. The van der Waals surface area contributed by atoms with Crippen molar-refractivity contribution in [3.05, 3.63) is 105 Å². The number of carbonyl (C=O) groups excluding carboxylic acids is 2. The molecule has 1 aliphatic heterocycles. The third kappa shape index (κ3) is 4.81. The average molecular weight is 496 g/mol. The van der Waals surface area contributed by atoms with Crippen LogP contribution in [-0.2, 0) is 16.0 Å². The first-order chi connectivity index (χ1) is 16.4. The number of nitrogens with zero attached hydrogens (tertiary/aromatic N) is 1. The van der Waals surface area contributed by atoms with Gasteiger partial charge in [0.25, 0.3) is 11.7 Å². The van der Waals surface area contributed by atoms with Crippen LogP contribution in [0.3, 0.4) is 0 Å². The molecule has 0 aliphatic carbocycles. The third-order valence-electron chi connectivity index (χ3n) is 5.70. The van der Waals surface area contributed by atoms with Gasteiger partial charge in [-0.25, -0.2) is 0 Å². The summed E-state index contributed by atoms with van der Waals surface area (Å²) in [5.41, 5.74) is 2.01. The largest absolute Gasteiger partial charge is 0.507 e. The Hall–Kier alpha value is -3.28. The van der Waals surface area contributed by atoms with Gasteiger partial charge < -0.3 is 14.7 Å². The van der Waals surface area contributed by atoms with Gasteiger partial charge in [0, 0.05) is 12.1 Å². The van der Waals surface area contributed by atoms with Gasteiger partial charge in [0.15, 0.2) is 0 Å². The minimum atomic E-state index is -0.811. The molecule has 3 aromatic rings. The zero-order valence-electron chi connectivity index (χ0n) is 18.5. The van der Waals surface area contributed by atoms with E-state index >= 15 is 0 Å². The maximum absolute atomic E-state index is 13.2. The van der Waals surface area contributed by atoms with Gasteiger partial charge in [-0.05, 0) is 48.7 Å². The number of halogens is 2. The maximum atomic E-state index is 13.2. The Kier molecular flexibility index (Phi) is 7.25. The first kappa shape index (κ1) is 23.9. The van der Waals surface area contributed by atoms with Crippen molar-refractivity contribution < 1.29 is 19.4 Å². The predicted octanol–water partition coefficient (Wildman–Crippen LogP) is 6.06. The van der Waals surface area contributed by atoms with Gasteiger partial charge in [0.1, 0.15) is 11.5 Å². The lowest BCUT2D eigenvalue weighted by Crippen LogP contribution is -2.31. The van der Waals surface area contributed by atoms with Crippen molar-refractivity contribution in [2.24, 2.45) is 0 Å². The van der Waals surface area contributed by atoms with Crippen LogP contribution in [0.5, 0.6) is 5.75 Å². The van der Waals surface area contributed by atoms with Crippen molar-refractivity contribution in [2.45, 2.75) is 19.4 Å². The molecule has 0 spiro atoms. The lowest BCUT2D eigenvalue weighted by molar-refractivity contribution is -0.139. The minimum Gasteiger partial charge on any atom is -0.507 e. The molecule has 1 N–H and O–H groups in total. The highest BCUT2D eigenvalue weighted by Gasteiger charge is 2.46. The minimum absolute atomic E-state index is 0.00472. The molecule has 3 aromatic carbocycles. The highest BCUT2D eigenvalue weighted by molar-refractivity contribution is 6.46. The lowest BCUT2D eigenvalue weighted by Gasteiger charge is -2.25. The topological polar surface area (TPSA) is 66.8 Å². The van der Waals surface area contributed by atoms with Crippen molar-refractivity contribution >= 4 is 40.7 Å². The number of hydrogen-bond acceptors (Lipinski definition) is 4. The molecule has 1 heterocycles. The second-order valence-electron chi connectivity index (χ2n) is 7.86. The van der Waals surface area contributed by atoms with Crippen LogP contribution >= 0.6 is 23.2 Å². The number of benzene rings is 3. The van der Waals surface area contributed by atoms with E-state index in [4.69, 9.17) is 27.9 Å². The van der Waals surface area contributed by atoms with E-state index in [-0.39, 0.29) is 17.9 Å². The fourth-order valence-corrected chi connectivity index (χ4v) is 4.40. The molecule has 4 rings (SSSR count). The third-order valence-corrected chi connectivity index (χ3v) is 6.44. The molecule has 0 bridgehead atoms. The van der Waals surface area contributed by atoms with Gasteiger partial charge in [-0.3, -0.25) is 9.59 Å². The zero-order valence-corrected chi connectivity index (χ0v) is 20.0. The highest BCUT2D eigenvalue weighted by Crippen LogP contribution is 2.41. The van der Waals surface area contributed by atoms with E-state index in [0.717, 1.165) is 5.56 Å². The van der Waals surface area contributed by atoms with Crippen molar-refractivity contribution in [1.82, 2.24) is 4.90 Å². The Balaban J connectivity index is 1.80. The standard InChI is InChI=1S/C27H23Cl2NO4/c1-2-34-20-10-6-9-19(15-20)25(31)23-24(18-11-12-21(28)22(29)16-18)30(27(33)26(23)32)14-13-17-7-4-3-5-8-17/h3-12,15-16,24,31H,2,13-14H2,1H3/b25-23+. The van der Waals surface area contributed by atoms with Crippen LogP contribution in [0.4, 0.5) is 0 Å². The number of Topliss-reactive ketones (excluding diaryl/α,β-unsaturated/α-hetero) is 1. The van der Waals surface area contributed by atoms with E-state index < -0.39 is 17.7 Å². The van der Waals surface area contributed by atoms with Crippen LogP contribution in [0, 0.1) is 0 Å². The number of hydrogen-bond donors (Lipinski definition) is 1. The van der Waals surface area contributed by atoms with Crippen LogP contribution in [0.15, 0.2) is 78.4 Å². The molecular weight excluding hydrogens is 473 g/mol. The Labute approximate surface area is 208 Å². The summed E-state index contributed by atoms with van der Waals surface area (Å²) in [4.78, 5) is 27.8. The summed E-state index contributed by atoms with van der Waals surface area (Å²) in [6.45, 7) is 2.60. The van der Waals surface area contributed by atoms with Crippen molar-refractivity contribution in [3.8, 4) is 5.75 Å². The molecule has 174 valence electrons. The number of aliphatic hydroxyl groups is 1. The van der Waals surface area contributed by atoms with E-state index in [1.807, 2.05) is 37.3 Å². The number of ketones is 1. The lowest BCUT2D eigenvalue weighted by atomic mass is 9.95. The van der Waals surface area contributed by atoms with E-state index in [1.54, 1.807) is 42.5 Å². The molecule has 1 atom stereocenters. The summed E-state index contributed by atoms with van der Waals surface area (Å²) in [6, 6.07) is 20.6. The molecule has 1 amide bonds. The zero-order chi connectivity index (χ0) is 24.2. The van der Waals surface area contributed by atoms with E-state index in [1.165, 1.54) is 4.90 Å². The van der Waals surface area contributed by atoms with Gasteiger partial charge in [-0.1, -0.05) is 71.7 Å². The van der Waals surface area contributed by atoms with E-state index in [0.29, 0.717) is 39.9 Å². The molecule has 1 saturated heterocycles. The fourth-order valence-electron chi connectivity index (χ4n) is 4.09. The summed E-state index contributed by atoms with van der Waals surface area (Å²) in [5, 5.41) is 11.9. The van der Waals surface area contributed by atoms with Gasteiger partial charge in [0.2, 0.25) is 0 Å². The second-order valence-corrected chi connectivity index (χ2v) is 8.68. The van der Waals surface area contributed by atoms with Crippen molar-refractivity contribution in [1.29, 1.82) is 0 Å². The molecule has 0 aromatic heterocycles.